The highest BCUT2D eigenvalue weighted by atomic mass is 19.1. The van der Waals surface area contributed by atoms with E-state index in [1.54, 1.807) is 13.0 Å². The highest BCUT2D eigenvalue weighted by Crippen LogP contribution is 2.04. The van der Waals surface area contributed by atoms with E-state index in [2.05, 4.69) is 29.0 Å². The van der Waals surface area contributed by atoms with E-state index < -0.39 is 0 Å². The van der Waals surface area contributed by atoms with E-state index in [0.29, 0.717) is 5.56 Å². The average molecular weight is 306 g/mol. The Balaban J connectivity index is 0. The molecule has 0 aliphatic heterocycles. The van der Waals surface area contributed by atoms with Crippen LogP contribution in [0.2, 0.25) is 0 Å². The Labute approximate surface area is 135 Å². The minimum Gasteiger partial charge on any atom is -0.259 e. The van der Waals surface area contributed by atoms with Crippen molar-refractivity contribution in [2.45, 2.75) is 62.3 Å². The molecular formula is C19H31FN2. The lowest BCUT2D eigenvalue weighted by atomic mass is 10.2. The van der Waals surface area contributed by atoms with Crippen LogP contribution in [-0.4, -0.2) is 9.97 Å². The standard InChI is InChI=1S/C8H11N.C7H8FN.2C2H6/c1-6-4-7(2)9-8(3)5-6;1-5-3-6(2)9-4-7(5)8;2*1-2/h4-5H,1-3H3;3-4H,1-2H3;2*1-2H3. The van der Waals surface area contributed by atoms with E-state index >= 15 is 0 Å². The van der Waals surface area contributed by atoms with E-state index in [-0.39, 0.29) is 5.82 Å². The van der Waals surface area contributed by atoms with Gasteiger partial charge in [-0.05, 0) is 63.9 Å². The summed E-state index contributed by atoms with van der Waals surface area (Å²) in [5.74, 6) is -0.236. The smallest absolute Gasteiger partial charge is 0.144 e. The molecule has 0 spiro atoms. The summed E-state index contributed by atoms with van der Waals surface area (Å²) in [5, 5.41) is 0. The summed E-state index contributed by atoms with van der Waals surface area (Å²) in [5.41, 5.74) is 5.01. The van der Waals surface area contributed by atoms with Crippen LogP contribution in [0.3, 0.4) is 0 Å². The number of nitrogens with zero attached hydrogens (tertiary/aromatic N) is 2. The van der Waals surface area contributed by atoms with Crippen LogP contribution in [0.1, 0.15) is 55.9 Å². The molecule has 0 fully saturated rings. The molecule has 0 amide bonds. The van der Waals surface area contributed by atoms with Gasteiger partial charge in [-0.3, -0.25) is 9.97 Å². The van der Waals surface area contributed by atoms with Crippen LogP contribution in [0.4, 0.5) is 4.39 Å². The van der Waals surface area contributed by atoms with Crippen molar-refractivity contribution < 1.29 is 4.39 Å². The molecule has 0 aliphatic rings. The predicted molar refractivity (Wildman–Crippen MR) is 94.8 cm³/mol. The first kappa shape index (κ1) is 22.5. The molecule has 0 radical (unpaired) electrons. The summed E-state index contributed by atoms with van der Waals surface area (Å²) < 4.78 is 12.4. The molecule has 0 saturated heterocycles. The minimum atomic E-state index is -0.236. The van der Waals surface area contributed by atoms with Gasteiger partial charge in [0, 0.05) is 17.1 Å². The number of aromatic nitrogens is 2. The summed E-state index contributed by atoms with van der Waals surface area (Å²) >= 11 is 0. The Morgan fingerprint density at radius 2 is 1.18 bits per heavy atom. The van der Waals surface area contributed by atoms with Crippen molar-refractivity contribution in [1.82, 2.24) is 9.97 Å². The molecule has 0 aliphatic carbocycles. The lowest BCUT2D eigenvalue weighted by molar-refractivity contribution is 0.610. The number of pyridine rings is 2. The predicted octanol–water partition coefficient (Wildman–Crippen LogP) is 5.90. The number of rotatable bonds is 0. The maximum atomic E-state index is 12.4. The Morgan fingerprint density at radius 3 is 1.50 bits per heavy atom. The number of aryl methyl sites for hydroxylation is 5. The zero-order valence-electron chi connectivity index (χ0n) is 15.6. The molecule has 0 saturated carbocycles. The fourth-order valence-corrected chi connectivity index (χ4v) is 1.72. The zero-order chi connectivity index (χ0) is 17.7. The maximum absolute atomic E-state index is 12.4. The Hall–Kier alpha value is -1.77. The monoisotopic (exact) mass is 306 g/mol. The molecular weight excluding hydrogens is 275 g/mol. The second-order valence-electron chi connectivity index (χ2n) is 4.50. The fraction of sp³-hybridized carbons (Fsp3) is 0.474. The van der Waals surface area contributed by atoms with Gasteiger partial charge >= 0.3 is 0 Å². The van der Waals surface area contributed by atoms with E-state index in [1.165, 1.54) is 11.8 Å². The van der Waals surface area contributed by atoms with Crippen LogP contribution in [0, 0.1) is 40.4 Å². The van der Waals surface area contributed by atoms with Gasteiger partial charge in [0.2, 0.25) is 0 Å². The Bertz CT molecular complexity index is 486. The number of hydrogen-bond donors (Lipinski definition) is 0. The second-order valence-corrected chi connectivity index (χ2v) is 4.50. The van der Waals surface area contributed by atoms with Crippen molar-refractivity contribution in [3.63, 3.8) is 0 Å². The summed E-state index contributed by atoms with van der Waals surface area (Å²) in [4.78, 5) is 8.00. The third-order valence-corrected chi connectivity index (χ3v) is 2.41. The van der Waals surface area contributed by atoms with Crippen LogP contribution in [0.15, 0.2) is 24.4 Å². The van der Waals surface area contributed by atoms with Gasteiger partial charge in [-0.15, -0.1) is 0 Å². The molecule has 0 unspecified atom stereocenters. The molecule has 2 aromatic rings. The first-order chi connectivity index (χ1) is 10.4. The van der Waals surface area contributed by atoms with E-state index in [9.17, 15) is 4.39 Å². The third-order valence-electron chi connectivity index (χ3n) is 2.41. The van der Waals surface area contributed by atoms with Crippen molar-refractivity contribution >= 4 is 0 Å². The van der Waals surface area contributed by atoms with Gasteiger partial charge in [0.15, 0.2) is 0 Å². The third kappa shape index (κ3) is 10.0. The van der Waals surface area contributed by atoms with E-state index in [1.807, 2.05) is 48.5 Å². The quantitative estimate of drug-likeness (QED) is 0.606. The van der Waals surface area contributed by atoms with Crippen LogP contribution in [0.25, 0.3) is 0 Å². The first-order valence-electron chi connectivity index (χ1n) is 7.89. The van der Waals surface area contributed by atoms with E-state index in [4.69, 9.17) is 0 Å². The molecule has 3 heteroatoms. The van der Waals surface area contributed by atoms with Gasteiger partial charge in [-0.25, -0.2) is 4.39 Å². The van der Waals surface area contributed by atoms with Crippen molar-refractivity contribution in [2.24, 2.45) is 0 Å². The Morgan fingerprint density at radius 1 is 0.727 bits per heavy atom. The van der Waals surface area contributed by atoms with Crippen molar-refractivity contribution in [3.8, 4) is 0 Å². The topological polar surface area (TPSA) is 25.8 Å². The van der Waals surface area contributed by atoms with E-state index in [0.717, 1.165) is 17.1 Å². The lowest BCUT2D eigenvalue weighted by Crippen LogP contribution is -1.86. The summed E-state index contributed by atoms with van der Waals surface area (Å²) in [6.07, 6.45) is 1.24. The van der Waals surface area contributed by atoms with Gasteiger partial charge in [-0.2, -0.15) is 0 Å². The lowest BCUT2D eigenvalue weighted by Gasteiger charge is -1.96. The summed E-state index contributed by atoms with van der Waals surface area (Å²) in [6, 6.07) is 5.87. The SMILES string of the molecule is CC.CC.Cc1cc(C)c(F)cn1.Cc1cc(C)nc(C)c1. The van der Waals surface area contributed by atoms with Gasteiger partial charge in [0.05, 0.1) is 6.20 Å². The fourth-order valence-electron chi connectivity index (χ4n) is 1.72. The molecule has 0 bridgehead atoms. The van der Waals surface area contributed by atoms with Crippen molar-refractivity contribution in [1.29, 1.82) is 0 Å². The van der Waals surface area contributed by atoms with Crippen LogP contribution >= 0.6 is 0 Å². The molecule has 2 heterocycles. The molecule has 2 nitrogen and oxygen atoms in total. The summed E-state index contributed by atoms with van der Waals surface area (Å²) in [7, 11) is 0. The first-order valence-corrected chi connectivity index (χ1v) is 7.89. The van der Waals surface area contributed by atoms with Crippen molar-refractivity contribution in [2.75, 3.05) is 0 Å². The van der Waals surface area contributed by atoms with Gasteiger partial charge in [-0.1, -0.05) is 27.7 Å². The number of hydrogen-bond acceptors (Lipinski definition) is 2. The highest BCUT2D eigenvalue weighted by Gasteiger charge is 1.94. The molecule has 2 aromatic heterocycles. The molecule has 2 rings (SSSR count). The number of halogens is 1. The van der Waals surface area contributed by atoms with Crippen LogP contribution in [0.5, 0.6) is 0 Å². The zero-order valence-corrected chi connectivity index (χ0v) is 15.6. The second kappa shape index (κ2) is 12.9. The van der Waals surface area contributed by atoms with Crippen molar-refractivity contribution in [3.05, 3.63) is 58.4 Å². The highest BCUT2D eigenvalue weighted by molar-refractivity contribution is 5.18. The van der Waals surface area contributed by atoms with Gasteiger partial charge < -0.3 is 0 Å². The molecule has 22 heavy (non-hydrogen) atoms. The van der Waals surface area contributed by atoms with Gasteiger partial charge in [0.1, 0.15) is 5.82 Å². The Kier molecular flexibility index (Phi) is 13.2. The minimum absolute atomic E-state index is 0.236. The summed E-state index contributed by atoms with van der Waals surface area (Å²) in [6.45, 7) is 17.7. The molecule has 0 aromatic carbocycles. The maximum Gasteiger partial charge on any atom is 0.144 e. The average Bonchev–Trinajstić information content (AvgIpc) is 2.47. The molecule has 124 valence electrons. The normalized spacial score (nSPS) is 8.45. The van der Waals surface area contributed by atoms with Crippen LogP contribution in [-0.2, 0) is 0 Å². The molecule has 0 atom stereocenters. The van der Waals surface area contributed by atoms with Gasteiger partial charge in [0.25, 0.3) is 0 Å². The largest absolute Gasteiger partial charge is 0.259 e. The van der Waals surface area contributed by atoms with Crippen LogP contribution < -0.4 is 0 Å². The molecule has 0 N–H and O–H groups in total.